The maximum absolute atomic E-state index is 11.7. The second-order valence-corrected chi connectivity index (χ2v) is 5.65. The van der Waals surface area contributed by atoms with E-state index in [0.29, 0.717) is 0 Å². The number of anilines is 1. The van der Waals surface area contributed by atoms with Crippen molar-refractivity contribution < 1.29 is 33.8 Å². The minimum absolute atomic E-state index is 0.0746. The average molecular weight is 323 g/mol. The lowest BCUT2D eigenvalue weighted by Crippen LogP contribution is -2.33. The molecule has 0 bridgehead atoms. The fraction of sp³-hybridized carbons (Fsp3) is 0.556. The molecule has 7 N–H and O–H groups in total. The van der Waals surface area contributed by atoms with Gasteiger partial charge in [0.15, 0.2) is 5.95 Å². The summed E-state index contributed by atoms with van der Waals surface area (Å²) in [7, 11) is -4.74. The van der Waals surface area contributed by atoms with Crippen molar-refractivity contribution in [3.8, 4) is 0 Å². The van der Waals surface area contributed by atoms with Gasteiger partial charge in [0, 0.05) is 6.20 Å². The van der Waals surface area contributed by atoms with E-state index in [9.17, 15) is 19.6 Å². The van der Waals surface area contributed by atoms with Crippen molar-refractivity contribution in [2.45, 2.75) is 24.4 Å². The van der Waals surface area contributed by atoms with E-state index in [1.807, 2.05) is 0 Å². The first kappa shape index (κ1) is 16.0. The number of nitrogen functional groups attached to an aromatic ring is 1. The molecule has 0 aliphatic carbocycles. The number of hydrogen-bond donors (Lipinski definition) is 6. The van der Waals surface area contributed by atoms with Gasteiger partial charge in [0.05, 0.1) is 12.2 Å². The number of aromatic nitrogens is 2. The summed E-state index contributed by atoms with van der Waals surface area (Å²) < 4.78 is 20.0. The summed E-state index contributed by atoms with van der Waals surface area (Å²) in [5, 5.41) is 19.6. The van der Waals surface area contributed by atoms with Crippen LogP contribution in [0.25, 0.3) is 0 Å². The molecule has 0 radical (unpaired) electrons. The van der Waals surface area contributed by atoms with Crippen LogP contribution in [0.4, 0.5) is 5.95 Å². The van der Waals surface area contributed by atoms with Gasteiger partial charge in [-0.1, -0.05) is 0 Å². The first-order valence-corrected chi connectivity index (χ1v) is 7.28. The topological polar surface area (TPSA) is 188 Å². The number of nitrogens with two attached hydrogens (primary N) is 1. The Morgan fingerprint density at radius 1 is 1.43 bits per heavy atom. The van der Waals surface area contributed by atoms with E-state index in [2.05, 4.69) is 14.5 Å². The molecule has 2 unspecified atom stereocenters. The largest absolute Gasteiger partial charge is 0.469 e. The number of aliphatic hydroxyl groups excluding tert-OH is 2. The summed E-state index contributed by atoms with van der Waals surface area (Å²) in [6, 6.07) is 0. The molecule has 0 spiro atoms. The molecule has 1 aromatic rings. The van der Waals surface area contributed by atoms with Crippen LogP contribution in [0.1, 0.15) is 11.7 Å². The molecule has 1 aliphatic heterocycles. The Hall–Kier alpha value is -1.33. The Balaban J connectivity index is 2.16. The van der Waals surface area contributed by atoms with Crippen molar-refractivity contribution in [2.24, 2.45) is 0 Å². The predicted molar refractivity (Wildman–Crippen MR) is 66.9 cm³/mol. The summed E-state index contributed by atoms with van der Waals surface area (Å²) in [4.78, 5) is 34.7. The summed E-state index contributed by atoms with van der Waals surface area (Å²) in [6.07, 6.45) is -4.32. The highest BCUT2D eigenvalue weighted by Crippen LogP contribution is 2.38. The van der Waals surface area contributed by atoms with Crippen LogP contribution in [0.2, 0.25) is 0 Å². The molecule has 12 heteroatoms. The van der Waals surface area contributed by atoms with Gasteiger partial charge < -0.3 is 30.5 Å². The maximum atomic E-state index is 11.7. The Labute approximate surface area is 117 Å². The monoisotopic (exact) mass is 323 g/mol. The molecule has 0 saturated carbocycles. The lowest BCUT2D eigenvalue weighted by atomic mass is 10.0. The molecule has 1 saturated heterocycles. The van der Waals surface area contributed by atoms with Crippen molar-refractivity contribution >= 4 is 13.8 Å². The summed E-state index contributed by atoms with van der Waals surface area (Å²) in [5.74, 6) is -0.127. The van der Waals surface area contributed by atoms with E-state index in [1.54, 1.807) is 0 Å². The van der Waals surface area contributed by atoms with Crippen LogP contribution in [0.3, 0.4) is 0 Å². The molecule has 1 aromatic heterocycles. The van der Waals surface area contributed by atoms with E-state index in [1.165, 1.54) is 0 Å². The fourth-order valence-electron chi connectivity index (χ4n) is 1.94. The second-order valence-electron chi connectivity index (χ2n) is 4.42. The average Bonchev–Trinajstić information content (AvgIpc) is 2.64. The van der Waals surface area contributed by atoms with Crippen LogP contribution in [-0.2, 0) is 13.8 Å². The normalized spacial score (nSPS) is 29.7. The van der Waals surface area contributed by atoms with Gasteiger partial charge in [-0.2, -0.15) is 0 Å². The molecule has 1 aliphatic rings. The van der Waals surface area contributed by atoms with Crippen molar-refractivity contribution in [2.75, 3.05) is 12.3 Å². The van der Waals surface area contributed by atoms with Crippen molar-refractivity contribution in [3.63, 3.8) is 0 Å². The standard InChI is InChI=1S/C9H14N3O8P/c10-9-11-1-3(8(15)12-9)7-6(14)5(13)4(20-7)2-19-21(16,17)18/h1,4-7,13-14H,2H2,(H2,16,17,18)(H3,10,11,12,15)/t4-,5?,6?,7+/m1/s1. The fourth-order valence-corrected chi connectivity index (χ4v) is 2.28. The third kappa shape index (κ3) is 3.66. The molecule has 118 valence electrons. The minimum atomic E-state index is -4.74. The van der Waals surface area contributed by atoms with Crippen LogP contribution < -0.4 is 11.3 Å². The van der Waals surface area contributed by atoms with Crippen LogP contribution >= 0.6 is 7.82 Å². The number of aromatic amines is 1. The van der Waals surface area contributed by atoms with Gasteiger partial charge in [-0.15, -0.1) is 0 Å². The summed E-state index contributed by atoms with van der Waals surface area (Å²) in [5.41, 5.74) is 4.55. The van der Waals surface area contributed by atoms with Crippen molar-refractivity contribution in [1.82, 2.24) is 9.97 Å². The number of nitrogens with zero attached hydrogens (tertiary/aromatic N) is 1. The van der Waals surface area contributed by atoms with E-state index in [-0.39, 0.29) is 11.5 Å². The zero-order valence-electron chi connectivity index (χ0n) is 10.5. The predicted octanol–water partition coefficient (Wildman–Crippen LogP) is -2.38. The molecular formula is C9H14N3O8P. The van der Waals surface area contributed by atoms with Gasteiger partial charge in [0.1, 0.15) is 24.4 Å². The van der Waals surface area contributed by atoms with Crippen LogP contribution in [-0.4, -0.2) is 54.9 Å². The molecule has 0 amide bonds. The first-order chi connectivity index (χ1) is 9.69. The molecule has 1 fully saturated rings. The quantitative estimate of drug-likeness (QED) is 0.326. The highest BCUT2D eigenvalue weighted by atomic mass is 31.2. The van der Waals surface area contributed by atoms with Gasteiger partial charge in [-0.25, -0.2) is 9.55 Å². The van der Waals surface area contributed by atoms with Crippen molar-refractivity contribution in [3.05, 3.63) is 22.1 Å². The third-order valence-corrected chi connectivity index (χ3v) is 3.41. The van der Waals surface area contributed by atoms with Crippen LogP contribution in [0, 0.1) is 0 Å². The first-order valence-electron chi connectivity index (χ1n) is 5.75. The highest BCUT2D eigenvalue weighted by molar-refractivity contribution is 7.46. The van der Waals surface area contributed by atoms with E-state index in [0.717, 1.165) is 6.20 Å². The molecular weight excluding hydrogens is 309 g/mol. The molecule has 4 atom stereocenters. The Morgan fingerprint density at radius 2 is 2.10 bits per heavy atom. The summed E-state index contributed by atoms with van der Waals surface area (Å²) >= 11 is 0. The van der Waals surface area contributed by atoms with Crippen molar-refractivity contribution in [1.29, 1.82) is 0 Å². The number of hydrogen-bond acceptors (Lipinski definition) is 8. The molecule has 2 rings (SSSR count). The number of rotatable bonds is 4. The number of H-pyrrole nitrogens is 1. The van der Waals surface area contributed by atoms with Gasteiger partial charge in [-0.3, -0.25) is 14.3 Å². The third-order valence-electron chi connectivity index (χ3n) is 2.92. The van der Waals surface area contributed by atoms with Gasteiger partial charge >= 0.3 is 7.82 Å². The second kappa shape index (κ2) is 5.81. The number of phosphoric acid groups is 1. The highest BCUT2D eigenvalue weighted by Gasteiger charge is 2.45. The Kier molecular flexibility index (Phi) is 4.44. The lowest BCUT2D eigenvalue weighted by Gasteiger charge is -2.14. The Bertz CT molecular complexity index is 615. The smallest absolute Gasteiger partial charge is 0.387 e. The van der Waals surface area contributed by atoms with Gasteiger partial charge in [0.2, 0.25) is 0 Å². The number of nitrogens with one attached hydrogen (secondary N) is 1. The number of ether oxygens (including phenoxy) is 1. The molecule has 2 heterocycles. The maximum Gasteiger partial charge on any atom is 0.469 e. The van der Waals surface area contributed by atoms with E-state index in [4.69, 9.17) is 20.3 Å². The molecule has 0 aromatic carbocycles. The van der Waals surface area contributed by atoms with E-state index < -0.39 is 44.4 Å². The lowest BCUT2D eigenvalue weighted by molar-refractivity contribution is -0.0228. The molecule has 11 nitrogen and oxygen atoms in total. The minimum Gasteiger partial charge on any atom is -0.387 e. The van der Waals surface area contributed by atoms with Crippen LogP contribution in [0.15, 0.2) is 11.0 Å². The van der Waals surface area contributed by atoms with E-state index >= 15 is 0 Å². The zero-order valence-corrected chi connectivity index (χ0v) is 11.4. The molecule has 21 heavy (non-hydrogen) atoms. The Morgan fingerprint density at radius 3 is 2.67 bits per heavy atom. The van der Waals surface area contributed by atoms with Gasteiger partial charge in [-0.05, 0) is 0 Å². The number of aliphatic hydroxyl groups is 2. The van der Waals surface area contributed by atoms with Crippen LogP contribution in [0.5, 0.6) is 0 Å². The zero-order chi connectivity index (χ0) is 15.8. The van der Waals surface area contributed by atoms with Gasteiger partial charge in [0.25, 0.3) is 5.56 Å². The summed E-state index contributed by atoms with van der Waals surface area (Å²) in [6.45, 7) is -0.653. The number of phosphoric ester groups is 1. The SMILES string of the molecule is Nc1ncc([C@@H]2O[C@H](COP(=O)(O)O)C(O)C2O)c(=O)[nH]1.